The van der Waals surface area contributed by atoms with Gasteiger partial charge in [0.05, 0.1) is 17.4 Å². The molecule has 3 rings (SSSR count). The van der Waals surface area contributed by atoms with Crippen molar-refractivity contribution in [2.75, 3.05) is 27.2 Å². The van der Waals surface area contributed by atoms with E-state index in [-0.39, 0.29) is 0 Å². The predicted molar refractivity (Wildman–Crippen MR) is 94.3 cm³/mol. The van der Waals surface area contributed by atoms with Gasteiger partial charge in [-0.3, -0.25) is 4.68 Å². The number of fused-ring (bicyclic) bond motifs is 1. The molecule has 3 aromatic rings. The monoisotopic (exact) mass is 329 g/mol. The highest BCUT2D eigenvalue weighted by atomic mass is 35.5. The van der Waals surface area contributed by atoms with E-state index in [9.17, 15) is 0 Å². The second-order valence-corrected chi connectivity index (χ2v) is 6.19. The topological polar surface area (TPSA) is 30.3 Å². The van der Waals surface area contributed by atoms with Gasteiger partial charge in [0.15, 0.2) is 0 Å². The first-order valence-electron chi connectivity index (χ1n) is 7.61. The molecule has 0 saturated heterocycles. The Labute approximate surface area is 141 Å². The molecule has 0 bridgehead atoms. The van der Waals surface area contributed by atoms with E-state index in [4.69, 9.17) is 16.3 Å². The average molecular weight is 330 g/mol. The van der Waals surface area contributed by atoms with E-state index >= 15 is 0 Å². The van der Waals surface area contributed by atoms with Crippen LogP contribution in [0.5, 0.6) is 5.88 Å². The molecule has 0 radical (unpaired) electrons. The lowest BCUT2D eigenvalue weighted by Crippen LogP contribution is -2.19. The number of ether oxygens (including phenoxy) is 1. The summed E-state index contributed by atoms with van der Waals surface area (Å²) in [7, 11) is 4.06. The number of hydrogen-bond donors (Lipinski definition) is 0. The fourth-order valence-electron chi connectivity index (χ4n) is 2.41. The first-order valence-corrected chi connectivity index (χ1v) is 7.99. The van der Waals surface area contributed by atoms with E-state index in [1.54, 1.807) is 0 Å². The van der Waals surface area contributed by atoms with Crippen LogP contribution in [0.1, 0.15) is 5.56 Å². The van der Waals surface area contributed by atoms with Gasteiger partial charge in [-0.2, -0.15) is 0 Å². The highest BCUT2D eigenvalue weighted by Crippen LogP contribution is 2.25. The van der Waals surface area contributed by atoms with Gasteiger partial charge in [0, 0.05) is 11.6 Å². The van der Waals surface area contributed by atoms with E-state index in [0.717, 1.165) is 28.0 Å². The van der Waals surface area contributed by atoms with Gasteiger partial charge in [-0.05, 0) is 43.9 Å². The summed E-state index contributed by atoms with van der Waals surface area (Å²) in [5.74, 6) is 0.691. The molecule has 0 amide bonds. The third-order valence-corrected chi connectivity index (χ3v) is 3.90. The third-order valence-electron chi connectivity index (χ3n) is 3.65. The van der Waals surface area contributed by atoms with Crippen molar-refractivity contribution in [3.05, 3.63) is 59.1 Å². The quantitative estimate of drug-likeness (QED) is 0.691. The summed E-state index contributed by atoms with van der Waals surface area (Å²) in [6, 6.07) is 16.0. The van der Waals surface area contributed by atoms with Gasteiger partial charge >= 0.3 is 0 Å². The number of nitrogens with zero attached hydrogens (tertiary/aromatic N) is 3. The van der Waals surface area contributed by atoms with E-state index in [0.29, 0.717) is 19.0 Å². The van der Waals surface area contributed by atoms with Crippen LogP contribution >= 0.6 is 11.6 Å². The van der Waals surface area contributed by atoms with Crippen molar-refractivity contribution in [1.29, 1.82) is 0 Å². The Kier molecular flexibility index (Phi) is 4.84. The van der Waals surface area contributed by atoms with Gasteiger partial charge in [0.1, 0.15) is 6.61 Å². The predicted octanol–water partition coefficient (Wildman–Crippen LogP) is 3.68. The lowest BCUT2D eigenvalue weighted by Gasteiger charge is -2.09. The number of benzene rings is 2. The van der Waals surface area contributed by atoms with Crippen molar-refractivity contribution in [2.45, 2.75) is 6.54 Å². The van der Waals surface area contributed by atoms with Crippen molar-refractivity contribution >= 4 is 22.5 Å². The molecule has 0 aliphatic rings. The maximum atomic E-state index is 5.95. The molecule has 2 aromatic carbocycles. The molecule has 4 nitrogen and oxygen atoms in total. The van der Waals surface area contributed by atoms with Crippen LogP contribution < -0.4 is 4.74 Å². The minimum absolute atomic E-state index is 0.620. The van der Waals surface area contributed by atoms with Gasteiger partial charge in [-0.15, -0.1) is 5.10 Å². The zero-order chi connectivity index (χ0) is 16.2. The minimum Gasteiger partial charge on any atom is -0.475 e. The molecule has 5 heteroatoms. The molecule has 0 atom stereocenters. The Balaban J connectivity index is 1.86. The molecule has 0 aliphatic carbocycles. The van der Waals surface area contributed by atoms with Crippen molar-refractivity contribution in [1.82, 2.24) is 14.7 Å². The number of likely N-dealkylation sites (N-methyl/N-ethyl adjacent to an activating group) is 1. The highest BCUT2D eigenvalue weighted by molar-refractivity contribution is 6.30. The number of para-hydroxylation sites is 1. The largest absolute Gasteiger partial charge is 0.475 e. The maximum absolute atomic E-state index is 5.95. The van der Waals surface area contributed by atoms with E-state index in [1.165, 1.54) is 0 Å². The van der Waals surface area contributed by atoms with Crippen molar-refractivity contribution in [3.8, 4) is 5.88 Å². The van der Waals surface area contributed by atoms with Crippen LogP contribution in [0.4, 0.5) is 0 Å². The molecule has 0 aliphatic heterocycles. The van der Waals surface area contributed by atoms with Gasteiger partial charge in [0.25, 0.3) is 0 Å². The molecular formula is C18H20ClN3O. The Hall–Kier alpha value is -2.04. The molecule has 0 spiro atoms. The second kappa shape index (κ2) is 7.02. The number of halogens is 1. The summed E-state index contributed by atoms with van der Waals surface area (Å²) in [6.07, 6.45) is 0. The third kappa shape index (κ3) is 3.84. The lowest BCUT2D eigenvalue weighted by molar-refractivity contribution is 0.254. The van der Waals surface area contributed by atoms with Gasteiger partial charge in [-0.25, -0.2) is 0 Å². The van der Waals surface area contributed by atoms with Gasteiger partial charge < -0.3 is 9.64 Å². The molecule has 1 heterocycles. The van der Waals surface area contributed by atoms with Crippen LogP contribution in [0.15, 0.2) is 48.5 Å². The Morgan fingerprint density at radius 3 is 2.57 bits per heavy atom. The highest BCUT2D eigenvalue weighted by Gasteiger charge is 2.11. The zero-order valence-electron chi connectivity index (χ0n) is 13.4. The first-order chi connectivity index (χ1) is 11.1. The molecule has 120 valence electrons. The summed E-state index contributed by atoms with van der Waals surface area (Å²) in [6.45, 7) is 2.17. The molecule has 0 saturated carbocycles. The molecule has 0 unspecified atom stereocenters. The summed E-state index contributed by atoms with van der Waals surface area (Å²) in [4.78, 5) is 2.09. The average Bonchev–Trinajstić information content (AvgIpc) is 2.88. The zero-order valence-corrected chi connectivity index (χ0v) is 14.1. The summed E-state index contributed by atoms with van der Waals surface area (Å²) in [5.41, 5.74) is 2.23. The maximum Gasteiger partial charge on any atom is 0.240 e. The van der Waals surface area contributed by atoms with E-state index in [1.807, 2.05) is 61.2 Å². The van der Waals surface area contributed by atoms with Crippen molar-refractivity contribution in [3.63, 3.8) is 0 Å². The fraction of sp³-hybridized carbons (Fsp3) is 0.278. The van der Waals surface area contributed by atoms with Gasteiger partial charge in [0.2, 0.25) is 5.88 Å². The Morgan fingerprint density at radius 2 is 1.83 bits per heavy atom. The summed E-state index contributed by atoms with van der Waals surface area (Å²) >= 11 is 5.95. The number of rotatable bonds is 6. The Morgan fingerprint density at radius 1 is 1.09 bits per heavy atom. The van der Waals surface area contributed by atoms with Crippen molar-refractivity contribution in [2.24, 2.45) is 0 Å². The molecule has 1 aromatic heterocycles. The number of aromatic nitrogens is 2. The van der Waals surface area contributed by atoms with Crippen LogP contribution in [0.2, 0.25) is 5.02 Å². The van der Waals surface area contributed by atoms with Crippen molar-refractivity contribution < 1.29 is 4.74 Å². The normalized spacial score (nSPS) is 11.3. The fourth-order valence-corrected chi connectivity index (χ4v) is 2.54. The van der Waals surface area contributed by atoms with E-state index in [2.05, 4.69) is 16.1 Å². The van der Waals surface area contributed by atoms with Crippen LogP contribution in [-0.4, -0.2) is 41.9 Å². The minimum atomic E-state index is 0.620. The van der Waals surface area contributed by atoms with Gasteiger partial charge in [-0.1, -0.05) is 35.9 Å². The standard InChI is InChI=1S/C18H20ClN3O/c1-21(2)11-12-23-18-16-5-3-4-6-17(16)22(20-18)13-14-7-9-15(19)10-8-14/h3-10H,11-13H2,1-2H3. The molecule has 0 N–H and O–H groups in total. The number of hydrogen-bond acceptors (Lipinski definition) is 3. The smallest absolute Gasteiger partial charge is 0.240 e. The Bertz CT molecular complexity index is 781. The van der Waals surface area contributed by atoms with E-state index < -0.39 is 0 Å². The van der Waals surface area contributed by atoms with Crippen LogP contribution in [0, 0.1) is 0 Å². The molecule has 0 fully saturated rings. The van der Waals surface area contributed by atoms with Crippen LogP contribution in [-0.2, 0) is 6.54 Å². The SMILES string of the molecule is CN(C)CCOc1nn(Cc2ccc(Cl)cc2)c2ccccc12. The summed E-state index contributed by atoms with van der Waals surface area (Å²) in [5, 5.41) is 6.43. The summed E-state index contributed by atoms with van der Waals surface area (Å²) < 4.78 is 7.85. The molecule has 23 heavy (non-hydrogen) atoms. The van der Waals surface area contributed by atoms with Crippen LogP contribution in [0.3, 0.4) is 0 Å². The van der Waals surface area contributed by atoms with Crippen LogP contribution in [0.25, 0.3) is 10.9 Å². The molecular weight excluding hydrogens is 310 g/mol. The lowest BCUT2D eigenvalue weighted by atomic mass is 10.2. The first kappa shape index (κ1) is 15.8. The second-order valence-electron chi connectivity index (χ2n) is 5.76.